The fraction of sp³-hybridized carbons (Fsp3) is 0.0400. The molecule has 0 saturated heterocycles. The van der Waals surface area contributed by atoms with Gasteiger partial charge in [-0.3, -0.25) is 0 Å². The zero-order valence-electron chi connectivity index (χ0n) is 20.2. The number of benzene rings is 3. The Kier molecular flexibility index (Phi) is 21.3. The van der Waals surface area contributed by atoms with Gasteiger partial charge in [-0.15, -0.1) is 0 Å². The average Bonchev–Trinajstić information content (AvgIpc) is 2.89. The van der Waals surface area contributed by atoms with Crippen molar-refractivity contribution in [2.24, 2.45) is 0 Å². The van der Waals surface area contributed by atoms with Crippen LogP contribution in [0, 0.1) is 0 Å². The minimum atomic E-state index is -3.67. The van der Waals surface area contributed by atoms with E-state index in [9.17, 15) is 72.6 Å². The molecule has 0 fully saturated rings. The minimum Gasteiger partial charge on any atom is -0.545 e. The van der Waals surface area contributed by atoms with E-state index in [0.717, 1.165) is 36.4 Å². The van der Waals surface area contributed by atoms with E-state index in [1.165, 1.54) is 36.4 Å². The average molecular weight is 765 g/mol. The van der Waals surface area contributed by atoms with Crippen LogP contribution in [0.4, 0.5) is 13.2 Å². The number of carboxylic acids is 6. The first-order chi connectivity index (χ1) is 18.6. The van der Waals surface area contributed by atoms with Crippen LogP contribution >= 0.6 is 0 Å². The number of carbonyl (C=O) groups is 6. The van der Waals surface area contributed by atoms with E-state index >= 15 is 0 Å². The van der Waals surface area contributed by atoms with Crippen LogP contribution in [0.3, 0.4) is 0 Å². The summed E-state index contributed by atoms with van der Waals surface area (Å²) in [4.78, 5) is 61.9. The van der Waals surface area contributed by atoms with Crippen molar-refractivity contribution < 1.29 is 112 Å². The Hall–Kier alpha value is -4.48. The number of aromatic carboxylic acids is 6. The van der Waals surface area contributed by atoms with Crippen LogP contribution in [-0.4, -0.2) is 42.5 Å². The van der Waals surface area contributed by atoms with Gasteiger partial charge in [0.05, 0.1) is 35.8 Å². The SMILES string of the molecule is FC(F)F.O=C([O-])c1ccccc1C(=O)[O-].O=C([O-])c1ccccc1C(=O)[O-].O=C([O-])c1ccccc1C(=O)[O-].[Ru+3].[Ru+3]. The van der Waals surface area contributed by atoms with Gasteiger partial charge in [0.1, 0.15) is 0 Å². The molecule has 42 heavy (non-hydrogen) atoms. The molecule has 2 radical (unpaired) electrons. The molecule has 0 bridgehead atoms. The standard InChI is InChI=1S/3C8H6O4.CHF3.2Ru/c3*9-7(10)5-3-1-2-4-6(5)8(11)12;2-1(3)4;;/h3*1-4H,(H,9,10)(H,11,12);1H;;/q;;;;2*+3/p-6. The number of rotatable bonds is 6. The van der Waals surface area contributed by atoms with E-state index in [2.05, 4.69) is 0 Å². The van der Waals surface area contributed by atoms with Crippen molar-refractivity contribution in [1.29, 1.82) is 0 Å². The van der Waals surface area contributed by atoms with Crippen molar-refractivity contribution in [3.05, 3.63) is 106 Å². The number of carboxylic acid groups (broad SMARTS) is 6. The van der Waals surface area contributed by atoms with Gasteiger partial charge in [-0.1, -0.05) is 72.8 Å². The Labute approximate surface area is 259 Å². The van der Waals surface area contributed by atoms with E-state index in [-0.39, 0.29) is 72.3 Å². The van der Waals surface area contributed by atoms with Gasteiger partial charge < -0.3 is 59.4 Å². The fourth-order valence-electron chi connectivity index (χ4n) is 2.52. The summed E-state index contributed by atoms with van der Waals surface area (Å²) in [6.07, 6.45) is 0. The van der Waals surface area contributed by atoms with E-state index in [0.29, 0.717) is 0 Å². The monoisotopic (exact) mass is 766 g/mol. The first-order valence-corrected chi connectivity index (χ1v) is 10.1. The number of halogens is 3. The van der Waals surface area contributed by atoms with Crippen molar-refractivity contribution >= 4 is 35.8 Å². The molecule has 3 aromatic carbocycles. The zero-order chi connectivity index (χ0) is 31.0. The van der Waals surface area contributed by atoms with E-state index in [1.807, 2.05) is 0 Å². The van der Waals surface area contributed by atoms with Crippen LogP contribution < -0.4 is 30.6 Å². The van der Waals surface area contributed by atoms with E-state index < -0.39 is 42.5 Å². The third kappa shape index (κ3) is 15.3. The summed E-state index contributed by atoms with van der Waals surface area (Å²) in [5.74, 6) is -9.11. The Morgan fingerprint density at radius 2 is 0.476 bits per heavy atom. The Morgan fingerprint density at radius 1 is 0.381 bits per heavy atom. The number of alkyl halides is 3. The number of hydrogen-bond donors (Lipinski definition) is 0. The molecular weight excluding hydrogens is 751 g/mol. The molecule has 0 aliphatic rings. The Balaban J connectivity index is -0.000000499. The van der Waals surface area contributed by atoms with Gasteiger partial charge >= 0.3 is 45.6 Å². The molecule has 0 atom stereocenters. The van der Waals surface area contributed by atoms with Crippen LogP contribution in [-0.2, 0) is 39.0 Å². The molecule has 12 nitrogen and oxygen atoms in total. The Morgan fingerprint density at radius 3 is 0.548 bits per heavy atom. The molecular formula is C25H13F3O12Ru2. The molecule has 0 aliphatic heterocycles. The van der Waals surface area contributed by atoms with Gasteiger partial charge in [0.2, 0.25) is 0 Å². The summed E-state index contributed by atoms with van der Waals surface area (Å²) < 4.78 is 29.0. The van der Waals surface area contributed by atoms with Crippen LogP contribution in [0.15, 0.2) is 72.8 Å². The summed E-state index contributed by atoms with van der Waals surface area (Å²) in [7, 11) is 0. The van der Waals surface area contributed by atoms with Crippen LogP contribution in [0.1, 0.15) is 62.1 Å². The van der Waals surface area contributed by atoms with Crippen molar-refractivity contribution in [2.75, 3.05) is 0 Å². The van der Waals surface area contributed by atoms with Crippen LogP contribution in [0.25, 0.3) is 0 Å². The minimum absolute atomic E-state index is 0. The molecule has 0 aromatic heterocycles. The van der Waals surface area contributed by atoms with Crippen molar-refractivity contribution in [3.63, 3.8) is 0 Å². The second-order valence-electron chi connectivity index (χ2n) is 6.61. The zero-order valence-corrected chi connectivity index (χ0v) is 23.7. The molecule has 222 valence electrons. The van der Waals surface area contributed by atoms with E-state index in [4.69, 9.17) is 0 Å². The molecule has 17 heteroatoms. The third-order valence-corrected chi connectivity index (χ3v) is 4.10. The van der Waals surface area contributed by atoms with Gasteiger partial charge in [0, 0.05) is 33.4 Å². The van der Waals surface area contributed by atoms with Gasteiger partial charge in [-0.2, -0.15) is 13.2 Å². The van der Waals surface area contributed by atoms with Gasteiger partial charge in [0.25, 0.3) is 0 Å². The quantitative estimate of drug-likeness (QED) is 0.222. The third-order valence-electron chi connectivity index (χ3n) is 4.10. The summed E-state index contributed by atoms with van der Waals surface area (Å²) >= 11 is 0. The van der Waals surface area contributed by atoms with Crippen molar-refractivity contribution in [2.45, 2.75) is 6.68 Å². The molecule has 0 unspecified atom stereocenters. The van der Waals surface area contributed by atoms with Gasteiger partial charge in [0.15, 0.2) is 0 Å². The van der Waals surface area contributed by atoms with Crippen LogP contribution in [0.2, 0.25) is 0 Å². The molecule has 0 amide bonds. The predicted molar refractivity (Wildman–Crippen MR) is 112 cm³/mol. The number of carbonyl (C=O) groups excluding carboxylic acids is 6. The second-order valence-corrected chi connectivity index (χ2v) is 6.61. The molecule has 0 saturated carbocycles. The number of hydrogen-bond acceptors (Lipinski definition) is 12. The maximum Gasteiger partial charge on any atom is 3.00 e. The topological polar surface area (TPSA) is 241 Å². The molecule has 0 N–H and O–H groups in total. The van der Waals surface area contributed by atoms with Gasteiger partial charge in [-0.25, -0.2) is 0 Å². The molecule has 3 aromatic rings. The van der Waals surface area contributed by atoms with Gasteiger partial charge in [-0.05, 0) is 0 Å². The maximum absolute atomic E-state index is 10.3. The first-order valence-electron chi connectivity index (χ1n) is 10.1. The first kappa shape index (κ1) is 42.0. The summed E-state index contributed by atoms with van der Waals surface area (Å²) in [5, 5.41) is 61.9. The smallest absolute Gasteiger partial charge is 0.545 e. The van der Waals surface area contributed by atoms with Crippen molar-refractivity contribution in [1.82, 2.24) is 0 Å². The molecule has 0 aliphatic carbocycles. The van der Waals surface area contributed by atoms with Crippen LogP contribution in [0.5, 0.6) is 0 Å². The predicted octanol–water partition coefficient (Wildman–Crippen LogP) is -3.59. The molecule has 0 heterocycles. The normalized spacial score (nSPS) is 8.86. The molecule has 0 spiro atoms. The van der Waals surface area contributed by atoms with Crippen molar-refractivity contribution in [3.8, 4) is 0 Å². The molecule has 3 rings (SSSR count). The maximum atomic E-state index is 10.3. The summed E-state index contributed by atoms with van der Waals surface area (Å²) in [6, 6.07) is 15.4. The Bertz CT molecular complexity index is 1120. The summed E-state index contributed by atoms with van der Waals surface area (Å²) in [6.45, 7) is -3.67. The summed E-state index contributed by atoms with van der Waals surface area (Å²) in [5.41, 5.74) is -2.18. The fourth-order valence-corrected chi connectivity index (χ4v) is 2.52. The second kappa shape index (κ2) is 21.3. The van der Waals surface area contributed by atoms with E-state index in [1.54, 1.807) is 0 Å². The largest absolute Gasteiger partial charge is 3.00 e.